The monoisotopic (exact) mass is 795 g/mol. The van der Waals surface area contributed by atoms with Gasteiger partial charge in [0.05, 0.1) is 22.7 Å². The van der Waals surface area contributed by atoms with Crippen molar-refractivity contribution in [2.45, 2.75) is 131 Å². The van der Waals surface area contributed by atoms with Gasteiger partial charge in [-0.2, -0.15) is 0 Å². The van der Waals surface area contributed by atoms with Gasteiger partial charge in [-0.1, -0.05) is 144 Å². The van der Waals surface area contributed by atoms with Gasteiger partial charge in [-0.15, -0.1) is 0 Å². The van der Waals surface area contributed by atoms with E-state index in [9.17, 15) is 0 Å². The molecule has 0 aliphatic carbocycles. The Morgan fingerprint density at radius 1 is 0.300 bits per heavy atom. The number of rotatable bonds is 5. The Morgan fingerprint density at radius 3 is 0.900 bits per heavy atom. The fraction of sp³-hybridized carbons (Fsp3) is 0.357. The van der Waals surface area contributed by atoms with Crippen LogP contribution in [-0.4, -0.2) is 12.3 Å². The van der Waals surface area contributed by atoms with Gasteiger partial charge < -0.3 is 19.6 Å². The molecule has 2 aliphatic rings. The van der Waals surface area contributed by atoms with Gasteiger partial charge in [-0.25, -0.2) is 0 Å². The number of aryl methyl sites for hydroxylation is 2. The van der Waals surface area contributed by atoms with E-state index >= 15 is 0 Å². The average Bonchev–Trinajstić information content (AvgIpc) is 3.69. The Hall–Kier alpha value is -5.48. The van der Waals surface area contributed by atoms with E-state index in [1.807, 2.05) is 0 Å². The maximum Gasteiger partial charge on any atom is 0.151 e. The number of benzene rings is 6. The molecule has 4 nitrogen and oxygen atoms in total. The van der Waals surface area contributed by atoms with Crippen LogP contribution in [0.4, 0.5) is 45.5 Å². The molecule has 0 radical (unpaired) electrons. The summed E-state index contributed by atoms with van der Waals surface area (Å²) in [5.41, 5.74) is 17.3. The minimum absolute atomic E-state index is 0.0336. The second-order valence-corrected chi connectivity index (χ2v) is 21.5. The van der Waals surface area contributed by atoms with Crippen LogP contribution in [0, 0.1) is 13.8 Å². The molecule has 310 valence electrons. The third-order valence-corrected chi connectivity index (χ3v) is 12.6. The molecule has 8 rings (SSSR count). The molecule has 6 aromatic rings. The lowest BCUT2D eigenvalue weighted by molar-refractivity contribution is 0.548. The standard InChI is InChI=1S/C56H66N4/c1-37-17-15-19-45(33-37)59-49-35-41(55(9,10)11)25-31-47(49)57(43-27-21-39(22-28-43)53(3,4)5)51(59)52-58(44-29-23-40(24-30-44)54(6,7)8)48-32-26-42(56(12,13)14)36-50(48)60(52)46-20-16-18-38(2)34-46/h15-36,51-52H,1-14H3. The van der Waals surface area contributed by atoms with Crippen molar-refractivity contribution >= 4 is 45.5 Å². The largest absolute Gasteiger partial charge is 0.314 e. The number of hydrogen-bond acceptors (Lipinski definition) is 4. The minimum atomic E-state index is -0.217. The molecule has 2 atom stereocenters. The van der Waals surface area contributed by atoms with Crippen molar-refractivity contribution in [2.24, 2.45) is 0 Å². The van der Waals surface area contributed by atoms with Crippen LogP contribution >= 0.6 is 0 Å². The van der Waals surface area contributed by atoms with Crippen molar-refractivity contribution < 1.29 is 0 Å². The Balaban J connectivity index is 1.48. The third kappa shape index (κ3) is 7.48. The lowest BCUT2D eigenvalue weighted by Gasteiger charge is -2.45. The molecule has 6 aromatic carbocycles. The molecule has 60 heavy (non-hydrogen) atoms. The minimum Gasteiger partial charge on any atom is -0.314 e. The van der Waals surface area contributed by atoms with Crippen molar-refractivity contribution in [2.75, 3.05) is 19.6 Å². The molecule has 0 bridgehead atoms. The van der Waals surface area contributed by atoms with E-state index in [1.165, 1.54) is 78.9 Å². The van der Waals surface area contributed by atoms with E-state index in [2.05, 4.69) is 250 Å². The first-order chi connectivity index (χ1) is 28.1. The summed E-state index contributed by atoms with van der Waals surface area (Å²) in [5.74, 6) is 0. The van der Waals surface area contributed by atoms with E-state index in [4.69, 9.17) is 0 Å². The normalized spacial score (nSPS) is 17.0. The highest BCUT2D eigenvalue weighted by molar-refractivity contribution is 5.95. The second-order valence-electron chi connectivity index (χ2n) is 21.5. The van der Waals surface area contributed by atoms with Gasteiger partial charge in [-0.05, 0) is 142 Å². The van der Waals surface area contributed by atoms with Gasteiger partial charge in [0.1, 0.15) is 0 Å². The molecular formula is C56H66N4. The van der Waals surface area contributed by atoms with Crippen LogP contribution in [0.1, 0.15) is 116 Å². The van der Waals surface area contributed by atoms with Crippen LogP contribution < -0.4 is 19.6 Å². The zero-order valence-corrected chi connectivity index (χ0v) is 38.6. The summed E-state index contributed by atoms with van der Waals surface area (Å²) < 4.78 is 0. The molecular weight excluding hydrogens is 729 g/mol. The number of nitrogens with zero attached hydrogens (tertiary/aromatic N) is 4. The van der Waals surface area contributed by atoms with Crippen molar-refractivity contribution in [3.8, 4) is 0 Å². The first kappa shape index (κ1) is 41.3. The Kier molecular flexibility index (Phi) is 10.0. The predicted molar refractivity (Wildman–Crippen MR) is 259 cm³/mol. The van der Waals surface area contributed by atoms with Gasteiger partial charge in [0, 0.05) is 22.7 Å². The van der Waals surface area contributed by atoms with Crippen molar-refractivity contribution in [1.82, 2.24) is 0 Å². The van der Waals surface area contributed by atoms with Crippen LogP contribution in [0.15, 0.2) is 133 Å². The van der Waals surface area contributed by atoms with Gasteiger partial charge in [-0.3, -0.25) is 0 Å². The lowest BCUT2D eigenvalue weighted by Crippen LogP contribution is -2.58. The average molecular weight is 795 g/mol. The summed E-state index contributed by atoms with van der Waals surface area (Å²) in [6.45, 7) is 32.2. The topological polar surface area (TPSA) is 13.0 Å². The van der Waals surface area contributed by atoms with Gasteiger partial charge in [0.15, 0.2) is 12.3 Å². The van der Waals surface area contributed by atoms with Gasteiger partial charge in [0.2, 0.25) is 0 Å². The van der Waals surface area contributed by atoms with Crippen molar-refractivity contribution in [1.29, 1.82) is 0 Å². The lowest BCUT2D eigenvalue weighted by atomic mass is 9.86. The molecule has 0 spiro atoms. The zero-order chi connectivity index (χ0) is 43.1. The van der Waals surface area contributed by atoms with Crippen LogP contribution in [0.25, 0.3) is 0 Å². The molecule has 0 saturated carbocycles. The van der Waals surface area contributed by atoms with Crippen LogP contribution in [0.3, 0.4) is 0 Å². The summed E-state index contributed by atoms with van der Waals surface area (Å²) in [4.78, 5) is 10.6. The molecule has 0 amide bonds. The quantitative estimate of drug-likeness (QED) is 0.172. The Labute approximate surface area is 361 Å². The highest BCUT2D eigenvalue weighted by Gasteiger charge is 2.52. The third-order valence-electron chi connectivity index (χ3n) is 12.6. The molecule has 4 heteroatoms. The zero-order valence-electron chi connectivity index (χ0n) is 38.6. The second kappa shape index (κ2) is 14.6. The summed E-state index contributed by atoms with van der Waals surface area (Å²) >= 11 is 0. The SMILES string of the molecule is Cc1cccc(N2c3cc(C(C)(C)C)ccc3N(c3ccc(C(C)(C)C)cc3)C2C2N(c3ccc(C(C)(C)C)cc3)c3ccc(C(C)(C)C)cc3N2c2cccc(C)c2)c1. The smallest absolute Gasteiger partial charge is 0.151 e. The fourth-order valence-corrected chi connectivity index (χ4v) is 9.07. The highest BCUT2D eigenvalue weighted by Crippen LogP contribution is 2.57. The first-order valence-electron chi connectivity index (χ1n) is 21.9. The van der Waals surface area contributed by atoms with E-state index < -0.39 is 0 Å². The van der Waals surface area contributed by atoms with E-state index in [-0.39, 0.29) is 34.0 Å². The fourth-order valence-electron chi connectivity index (χ4n) is 9.07. The molecule has 0 N–H and O–H groups in total. The van der Waals surface area contributed by atoms with Gasteiger partial charge >= 0.3 is 0 Å². The molecule has 2 unspecified atom stereocenters. The van der Waals surface area contributed by atoms with Crippen molar-refractivity contribution in [3.63, 3.8) is 0 Å². The van der Waals surface area contributed by atoms with Crippen LogP contribution in [-0.2, 0) is 21.7 Å². The van der Waals surface area contributed by atoms with Crippen molar-refractivity contribution in [3.05, 3.63) is 167 Å². The van der Waals surface area contributed by atoms with Crippen LogP contribution in [0.2, 0.25) is 0 Å². The number of anilines is 8. The van der Waals surface area contributed by atoms with E-state index in [0.717, 1.165) is 0 Å². The van der Waals surface area contributed by atoms with Crippen LogP contribution in [0.5, 0.6) is 0 Å². The molecule has 2 aliphatic heterocycles. The maximum atomic E-state index is 2.65. The predicted octanol–water partition coefficient (Wildman–Crippen LogP) is 15.4. The van der Waals surface area contributed by atoms with E-state index in [1.54, 1.807) is 0 Å². The highest BCUT2D eigenvalue weighted by atomic mass is 15.5. The number of hydrogen-bond donors (Lipinski definition) is 0. The summed E-state index contributed by atoms with van der Waals surface area (Å²) in [5, 5.41) is 0. The molecule has 0 saturated heterocycles. The molecule has 2 heterocycles. The summed E-state index contributed by atoms with van der Waals surface area (Å²) in [7, 11) is 0. The molecule has 0 fully saturated rings. The van der Waals surface area contributed by atoms with E-state index in [0.29, 0.717) is 0 Å². The molecule has 0 aromatic heterocycles. The summed E-state index contributed by atoms with van der Waals surface area (Å²) in [6.07, 6.45) is -0.434. The summed E-state index contributed by atoms with van der Waals surface area (Å²) in [6, 6.07) is 51.4. The van der Waals surface area contributed by atoms with Gasteiger partial charge in [0.25, 0.3) is 0 Å². The maximum absolute atomic E-state index is 2.65. The number of fused-ring (bicyclic) bond motifs is 2. The Morgan fingerprint density at radius 2 is 0.600 bits per heavy atom. The Bertz CT molecular complexity index is 2340. The first-order valence-corrected chi connectivity index (χ1v) is 21.9.